The maximum Gasteiger partial charge on any atom is 0.224 e. The molecule has 0 radical (unpaired) electrons. The number of rotatable bonds is 4. The largest absolute Gasteiger partial charge is 0.358 e. The first-order valence-corrected chi connectivity index (χ1v) is 7.69. The molecule has 1 heterocycles. The van der Waals surface area contributed by atoms with Crippen molar-refractivity contribution in [3.63, 3.8) is 0 Å². The summed E-state index contributed by atoms with van der Waals surface area (Å²) in [5.74, 6) is -0.438. The third kappa shape index (κ3) is 3.37. The molecule has 2 N–H and O–H groups in total. The van der Waals surface area contributed by atoms with Crippen molar-refractivity contribution >= 4 is 28.4 Å². The van der Waals surface area contributed by atoms with Gasteiger partial charge in [0.05, 0.1) is 6.42 Å². The number of amides is 1. The average Bonchev–Trinajstić information content (AvgIpc) is 2.82. The van der Waals surface area contributed by atoms with Gasteiger partial charge in [-0.2, -0.15) is 0 Å². The molecule has 0 fully saturated rings. The van der Waals surface area contributed by atoms with E-state index in [-0.39, 0.29) is 18.1 Å². The Morgan fingerprint density at radius 3 is 2.83 bits per heavy atom. The number of fused-ring (bicyclic) bond motifs is 1. The quantitative estimate of drug-likeness (QED) is 0.742. The first-order valence-electron chi connectivity index (χ1n) is 7.31. The minimum Gasteiger partial charge on any atom is -0.358 e. The summed E-state index contributed by atoms with van der Waals surface area (Å²) >= 11 is 6.07. The third-order valence-electron chi connectivity index (χ3n) is 3.85. The summed E-state index contributed by atoms with van der Waals surface area (Å²) in [5.41, 5.74) is 3.39. The highest BCUT2D eigenvalue weighted by Gasteiger charge is 2.13. The Morgan fingerprint density at radius 1 is 1.26 bits per heavy atom. The number of hydrogen-bond donors (Lipinski definition) is 2. The lowest BCUT2D eigenvalue weighted by Crippen LogP contribution is -2.24. The summed E-state index contributed by atoms with van der Waals surface area (Å²) in [5, 5.41) is 4.22. The van der Waals surface area contributed by atoms with E-state index >= 15 is 0 Å². The van der Waals surface area contributed by atoms with E-state index in [1.165, 1.54) is 12.1 Å². The Balaban J connectivity index is 1.74. The molecule has 0 unspecified atom stereocenters. The molecule has 0 aliphatic rings. The number of benzene rings is 2. The molecule has 0 aliphatic carbocycles. The fourth-order valence-electron chi connectivity index (χ4n) is 2.64. The summed E-state index contributed by atoms with van der Waals surface area (Å²) in [7, 11) is 0. The van der Waals surface area contributed by atoms with Crippen LogP contribution in [0.25, 0.3) is 10.9 Å². The van der Waals surface area contributed by atoms with Crippen LogP contribution in [-0.4, -0.2) is 10.9 Å². The number of aryl methyl sites for hydroxylation is 1. The van der Waals surface area contributed by atoms with Crippen LogP contribution in [0.5, 0.6) is 0 Å². The van der Waals surface area contributed by atoms with Crippen molar-refractivity contribution in [3.05, 3.63) is 70.1 Å². The second-order valence-electron chi connectivity index (χ2n) is 5.46. The molecule has 0 spiro atoms. The highest BCUT2D eigenvalue weighted by atomic mass is 35.5. The molecular weight excluding hydrogens is 315 g/mol. The van der Waals surface area contributed by atoms with Crippen molar-refractivity contribution in [3.8, 4) is 0 Å². The van der Waals surface area contributed by atoms with Gasteiger partial charge in [-0.25, -0.2) is 4.39 Å². The van der Waals surface area contributed by atoms with Gasteiger partial charge in [0, 0.05) is 28.2 Å². The number of carbonyl (C=O) groups excluding carboxylic acids is 1. The predicted molar refractivity (Wildman–Crippen MR) is 90.0 cm³/mol. The summed E-state index contributed by atoms with van der Waals surface area (Å²) in [4.78, 5) is 15.4. The molecule has 3 aromatic rings. The Labute approximate surface area is 138 Å². The number of nitrogens with one attached hydrogen (secondary N) is 2. The molecule has 118 valence electrons. The smallest absolute Gasteiger partial charge is 0.224 e. The third-order valence-corrected chi connectivity index (χ3v) is 4.22. The summed E-state index contributed by atoms with van der Waals surface area (Å²) in [6.07, 6.45) is 0.194. The maximum atomic E-state index is 13.4. The van der Waals surface area contributed by atoms with Gasteiger partial charge in [0.15, 0.2) is 0 Å². The number of H-pyrrole nitrogens is 1. The number of hydrogen-bond acceptors (Lipinski definition) is 1. The second kappa shape index (κ2) is 6.42. The van der Waals surface area contributed by atoms with Crippen molar-refractivity contribution in [2.75, 3.05) is 0 Å². The summed E-state index contributed by atoms with van der Waals surface area (Å²) < 4.78 is 13.4. The molecule has 0 saturated carbocycles. The minimum absolute atomic E-state index is 0.127. The van der Waals surface area contributed by atoms with Crippen LogP contribution in [0.15, 0.2) is 42.5 Å². The maximum absolute atomic E-state index is 13.4. The lowest BCUT2D eigenvalue weighted by Gasteiger charge is -2.07. The van der Waals surface area contributed by atoms with Crippen LogP contribution < -0.4 is 5.32 Å². The SMILES string of the molecule is Cc1[nH]c2ccc(F)cc2c1CC(=O)NCc1ccccc1Cl. The van der Waals surface area contributed by atoms with Gasteiger partial charge in [-0.3, -0.25) is 4.79 Å². The van der Waals surface area contributed by atoms with E-state index in [0.717, 1.165) is 27.7 Å². The number of aromatic amines is 1. The van der Waals surface area contributed by atoms with Crippen LogP contribution in [0.3, 0.4) is 0 Å². The molecule has 1 aromatic heterocycles. The van der Waals surface area contributed by atoms with Crippen LogP contribution in [0.4, 0.5) is 4.39 Å². The second-order valence-corrected chi connectivity index (χ2v) is 5.87. The standard InChI is InChI=1S/C18H16ClFN2O/c1-11-14(15-8-13(20)6-7-17(15)22-11)9-18(23)21-10-12-4-2-3-5-16(12)19/h2-8,22H,9-10H2,1H3,(H,21,23). The molecule has 5 heteroatoms. The number of carbonyl (C=O) groups is 1. The van der Waals surface area contributed by atoms with Gasteiger partial charge in [-0.15, -0.1) is 0 Å². The van der Waals surface area contributed by atoms with Crippen molar-refractivity contribution in [1.29, 1.82) is 0 Å². The zero-order valence-electron chi connectivity index (χ0n) is 12.6. The first-order chi connectivity index (χ1) is 11.0. The Hall–Kier alpha value is -2.33. The molecule has 0 saturated heterocycles. The Bertz CT molecular complexity index is 873. The molecule has 2 aromatic carbocycles. The summed E-state index contributed by atoms with van der Waals surface area (Å²) in [6.45, 7) is 2.25. The summed E-state index contributed by atoms with van der Waals surface area (Å²) in [6, 6.07) is 11.9. The molecule has 3 rings (SSSR count). The zero-order chi connectivity index (χ0) is 16.4. The molecule has 0 bridgehead atoms. The highest BCUT2D eigenvalue weighted by Crippen LogP contribution is 2.23. The number of aromatic nitrogens is 1. The molecule has 23 heavy (non-hydrogen) atoms. The van der Waals surface area contributed by atoms with Gasteiger partial charge in [-0.1, -0.05) is 29.8 Å². The van der Waals surface area contributed by atoms with Crippen LogP contribution in [-0.2, 0) is 17.8 Å². The molecule has 3 nitrogen and oxygen atoms in total. The van der Waals surface area contributed by atoms with Crippen molar-refractivity contribution < 1.29 is 9.18 Å². The number of halogens is 2. The molecule has 0 atom stereocenters. The Morgan fingerprint density at radius 2 is 2.04 bits per heavy atom. The average molecular weight is 331 g/mol. The zero-order valence-corrected chi connectivity index (χ0v) is 13.4. The van der Waals surface area contributed by atoms with Crippen LogP contribution >= 0.6 is 11.6 Å². The molecule has 0 aliphatic heterocycles. The molecular formula is C18H16ClFN2O. The first kappa shape index (κ1) is 15.6. The lowest BCUT2D eigenvalue weighted by atomic mass is 10.1. The van der Waals surface area contributed by atoms with Crippen molar-refractivity contribution in [2.45, 2.75) is 19.9 Å². The van der Waals surface area contributed by atoms with Crippen LogP contribution in [0.2, 0.25) is 5.02 Å². The minimum atomic E-state index is -0.311. The monoisotopic (exact) mass is 330 g/mol. The topological polar surface area (TPSA) is 44.9 Å². The van der Waals surface area contributed by atoms with Crippen molar-refractivity contribution in [2.24, 2.45) is 0 Å². The van der Waals surface area contributed by atoms with Crippen molar-refractivity contribution in [1.82, 2.24) is 10.3 Å². The fraction of sp³-hybridized carbons (Fsp3) is 0.167. The van der Waals surface area contributed by atoms with Crippen LogP contribution in [0, 0.1) is 12.7 Å². The highest BCUT2D eigenvalue weighted by molar-refractivity contribution is 6.31. The van der Waals surface area contributed by atoms with E-state index in [1.807, 2.05) is 25.1 Å². The van der Waals surface area contributed by atoms with E-state index in [1.54, 1.807) is 12.1 Å². The van der Waals surface area contributed by atoms with E-state index in [9.17, 15) is 9.18 Å². The normalized spacial score (nSPS) is 10.9. The fourth-order valence-corrected chi connectivity index (χ4v) is 2.84. The van der Waals surface area contributed by atoms with E-state index in [4.69, 9.17) is 11.6 Å². The Kier molecular flexibility index (Phi) is 4.35. The van der Waals surface area contributed by atoms with Gasteiger partial charge in [0.2, 0.25) is 5.91 Å². The van der Waals surface area contributed by atoms with E-state index in [0.29, 0.717) is 11.6 Å². The van der Waals surface area contributed by atoms with Gasteiger partial charge >= 0.3 is 0 Å². The lowest BCUT2D eigenvalue weighted by molar-refractivity contribution is -0.120. The van der Waals surface area contributed by atoms with Gasteiger partial charge in [-0.05, 0) is 42.3 Å². The van der Waals surface area contributed by atoms with Gasteiger partial charge in [0.1, 0.15) is 5.82 Å². The molecule has 1 amide bonds. The van der Waals surface area contributed by atoms with E-state index < -0.39 is 0 Å². The van der Waals surface area contributed by atoms with Crippen LogP contribution in [0.1, 0.15) is 16.8 Å². The predicted octanol–water partition coefficient (Wildman–Crippen LogP) is 4.13. The van der Waals surface area contributed by atoms with Gasteiger partial charge in [0.25, 0.3) is 0 Å². The van der Waals surface area contributed by atoms with Gasteiger partial charge < -0.3 is 10.3 Å². The van der Waals surface area contributed by atoms with E-state index in [2.05, 4.69) is 10.3 Å².